The molecule has 0 aliphatic heterocycles. The summed E-state index contributed by atoms with van der Waals surface area (Å²) in [5.74, 6) is 0.0280. The van der Waals surface area contributed by atoms with Gasteiger partial charge in [0, 0.05) is 30.3 Å². The fourth-order valence-corrected chi connectivity index (χ4v) is 1.69. The highest BCUT2D eigenvalue weighted by atomic mass is 16.1. The number of amides is 1. The lowest BCUT2D eigenvalue weighted by Gasteiger charge is -2.06. The molecule has 1 aliphatic rings. The third-order valence-electron chi connectivity index (χ3n) is 2.94. The largest absolute Gasteiger partial charge is 0.326 e. The number of hydrogen-bond acceptors (Lipinski definition) is 3. The lowest BCUT2D eigenvalue weighted by molar-refractivity contribution is -0.116. The molecular weight excluding hydrogens is 228 g/mol. The first kappa shape index (κ1) is 12.8. The van der Waals surface area contributed by atoms with Gasteiger partial charge in [-0.15, -0.1) is 0 Å². The summed E-state index contributed by atoms with van der Waals surface area (Å²) in [5, 5.41) is 6.10. The number of hydrogen-bond donors (Lipinski definition) is 2. The molecule has 0 aromatic heterocycles. The van der Waals surface area contributed by atoms with Crippen molar-refractivity contribution < 1.29 is 9.59 Å². The van der Waals surface area contributed by atoms with E-state index in [4.69, 9.17) is 0 Å². The quantitative estimate of drug-likeness (QED) is 0.754. The first-order valence-corrected chi connectivity index (χ1v) is 6.29. The van der Waals surface area contributed by atoms with Crippen LogP contribution in [-0.2, 0) is 4.79 Å². The van der Waals surface area contributed by atoms with Crippen LogP contribution in [-0.4, -0.2) is 24.3 Å². The Morgan fingerprint density at radius 1 is 1.22 bits per heavy atom. The van der Waals surface area contributed by atoms with Crippen molar-refractivity contribution in [2.45, 2.75) is 32.2 Å². The molecule has 0 radical (unpaired) electrons. The van der Waals surface area contributed by atoms with Crippen molar-refractivity contribution in [2.75, 3.05) is 11.9 Å². The average molecular weight is 246 g/mol. The molecule has 96 valence electrons. The van der Waals surface area contributed by atoms with Gasteiger partial charge in [0.05, 0.1) is 0 Å². The van der Waals surface area contributed by atoms with Crippen LogP contribution in [0.3, 0.4) is 0 Å². The van der Waals surface area contributed by atoms with E-state index in [1.807, 2.05) is 0 Å². The van der Waals surface area contributed by atoms with Crippen LogP contribution in [0.2, 0.25) is 0 Å². The maximum Gasteiger partial charge on any atom is 0.225 e. The van der Waals surface area contributed by atoms with Gasteiger partial charge in [-0.05, 0) is 44.0 Å². The molecule has 0 heterocycles. The second kappa shape index (κ2) is 5.78. The third-order valence-corrected chi connectivity index (χ3v) is 2.94. The van der Waals surface area contributed by atoms with E-state index in [1.54, 1.807) is 24.3 Å². The topological polar surface area (TPSA) is 58.2 Å². The molecule has 0 spiro atoms. The van der Waals surface area contributed by atoms with Crippen molar-refractivity contribution in [2.24, 2.45) is 0 Å². The summed E-state index contributed by atoms with van der Waals surface area (Å²) in [6.07, 6.45) is 2.94. The molecule has 18 heavy (non-hydrogen) atoms. The van der Waals surface area contributed by atoms with E-state index in [2.05, 4.69) is 10.6 Å². The van der Waals surface area contributed by atoms with Gasteiger partial charge in [-0.3, -0.25) is 9.59 Å². The highest BCUT2D eigenvalue weighted by Crippen LogP contribution is 2.18. The fourth-order valence-electron chi connectivity index (χ4n) is 1.69. The number of nitrogens with one attached hydrogen (secondary N) is 2. The standard InChI is InChI=1S/C14H18N2O2/c1-10(17)11-2-4-13(5-3-11)16-14(18)8-9-15-12-6-7-12/h2-5,12,15H,6-9H2,1H3,(H,16,18). The second-order valence-electron chi connectivity index (χ2n) is 4.66. The molecule has 2 N–H and O–H groups in total. The van der Waals surface area contributed by atoms with E-state index in [9.17, 15) is 9.59 Å². The molecule has 1 amide bonds. The third kappa shape index (κ3) is 3.96. The maximum absolute atomic E-state index is 11.6. The summed E-state index contributed by atoms with van der Waals surface area (Å²) in [4.78, 5) is 22.7. The molecule has 0 atom stereocenters. The maximum atomic E-state index is 11.6. The Labute approximate surface area is 107 Å². The summed E-state index contributed by atoms with van der Waals surface area (Å²) in [6, 6.07) is 7.58. The Kier molecular flexibility index (Phi) is 4.10. The highest BCUT2D eigenvalue weighted by Gasteiger charge is 2.20. The van der Waals surface area contributed by atoms with E-state index < -0.39 is 0 Å². The molecular formula is C14H18N2O2. The summed E-state index contributed by atoms with van der Waals surface area (Å²) in [6.45, 7) is 2.25. The number of carbonyl (C=O) groups is 2. The van der Waals surface area contributed by atoms with Gasteiger partial charge in [0.1, 0.15) is 0 Å². The Bertz CT molecular complexity index is 436. The van der Waals surface area contributed by atoms with Gasteiger partial charge in [0.25, 0.3) is 0 Å². The summed E-state index contributed by atoms with van der Waals surface area (Å²) in [7, 11) is 0. The molecule has 4 nitrogen and oxygen atoms in total. The average Bonchev–Trinajstić information content (AvgIpc) is 3.13. The normalized spacial score (nSPS) is 14.3. The molecule has 1 aliphatic carbocycles. The minimum absolute atomic E-state index is 0.00118. The van der Waals surface area contributed by atoms with Crippen LogP contribution in [0, 0.1) is 0 Å². The Balaban J connectivity index is 1.76. The smallest absolute Gasteiger partial charge is 0.225 e. The molecule has 2 rings (SSSR count). The number of rotatable bonds is 6. The predicted octanol–water partition coefficient (Wildman–Crippen LogP) is 1.97. The van der Waals surface area contributed by atoms with Crippen molar-refractivity contribution >= 4 is 17.4 Å². The molecule has 1 aromatic rings. The van der Waals surface area contributed by atoms with E-state index in [1.165, 1.54) is 19.8 Å². The monoisotopic (exact) mass is 246 g/mol. The number of carbonyl (C=O) groups excluding carboxylic acids is 2. The first-order chi connectivity index (χ1) is 8.65. The zero-order chi connectivity index (χ0) is 13.0. The van der Waals surface area contributed by atoms with E-state index >= 15 is 0 Å². The van der Waals surface area contributed by atoms with Crippen LogP contribution in [0.4, 0.5) is 5.69 Å². The molecule has 1 fully saturated rings. The fraction of sp³-hybridized carbons (Fsp3) is 0.429. The number of anilines is 1. The number of benzene rings is 1. The molecule has 4 heteroatoms. The lowest BCUT2D eigenvalue weighted by Crippen LogP contribution is -2.23. The van der Waals surface area contributed by atoms with Crippen LogP contribution in [0.15, 0.2) is 24.3 Å². The lowest BCUT2D eigenvalue weighted by atomic mass is 10.1. The second-order valence-corrected chi connectivity index (χ2v) is 4.66. The van der Waals surface area contributed by atoms with Crippen LogP contribution >= 0.6 is 0 Å². The Hall–Kier alpha value is -1.68. The van der Waals surface area contributed by atoms with E-state index in [-0.39, 0.29) is 11.7 Å². The van der Waals surface area contributed by atoms with E-state index in [0.717, 1.165) is 12.2 Å². The molecule has 1 saturated carbocycles. The Morgan fingerprint density at radius 2 is 1.89 bits per heavy atom. The van der Waals surface area contributed by atoms with E-state index in [0.29, 0.717) is 18.0 Å². The van der Waals surface area contributed by atoms with Crippen molar-refractivity contribution in [3.8, 4) is 0 Å². The van der Waals surface area contributed by atoms with Crippen molar-refractivity contribution in [1.29, 1.82) is 0 Å². The van der Waals surface area contributed by atoms with Gasteiger partial charge in [-0.2, -0.15) is 0 Å². The zero-order valence-electron chi connectivity index (χ0n) is 10.5. The van der Waals surface area contributed by atoms with Crippen LogP contribution < -0.4 is 10.6 Å². The van der Waals surface area contributed by atoms with Crippen molar-refractivity contribution in [3.63, 3.8) is 0 Å². The van der Waals surface area contributed by atoms with Crippen molar-refractivity contribution in [1.82, 2.24) is 5.32 Å². The van der Waals surface area contributed by atoms with Gasteiger partial charge in [-0.25, -0.2) is 0 Å². The van der Waals surface area contributed by atoms with Gasteiger partial charge in [0.15, 0.2) is 5.78 Å². The molecule has 0 saturated heterocycles. The zero-order valence-corrected chi connectivity index (χ0v) is 10.5. The van der Waals surface area contributed by atoms with Crippen molar-refractivity contribution in [3.05, 3.63) is 29.8 Å². The summed E-state index contributed by atoms with van der Waals surface area (Å²) < 4.78 is 0. The molecule has 0 unspecified atom stereocenters. The van der Waals surface area contributed by atoms with Crippen LogP contribution in [0.5, 0.6) is 0 Å². The number of ketones is 1. The van der Waals surface area contributed by atoms with Crippen LogP contribution in [0.1, 0.15) is 36.5 Å². The first-order valence-electron chi connectivity index (χ1n) is 6.29. The number of Topliss-reactive ketones (excluding diaryl/α,β-unsaturated/α-hetero) is 1. The summed E-state index contributed by atoms with van der Waals surface area (Å²) >= 11 is 0. The predicted molar refractivity (Wildman–Crippen MR) is 70.7 cm³/mol. The minimum Gasteiger partial charge on any atom is -0.326 e. The molecule has 0 bridgehead atoms. The summed E-state index contributed by atoms with van der Waals surface area (Å²) in [5.41, 5.74) is 1.39. The van der Waals surface area contributed by atoms with Gasteiger partial charge < -0.3 is 10.6 Å². The van der Waals surface area contributed by atoms with Gasteiger partial charge >= 0.3 is 0 Å². The van der Waals surface area contributed by atoms with Crippen LogP contribution in [0.25, 0.3) is 0 Å². The SMILES string of the molecule is CC(=O)c1ccc(NC(=O)CCNC2CC2)cc1. The van der Waals surface area contributed by atoms with Gasteiger partial charge in [0.2, 0.25) is 5.91 Å². The molecule has 1 aromatic carbocycles. The minimum atomic E-state index is -0.00118. The van der Waals surface area contributed by atoms with Gasteiger partial charge in [-0.1, -0.05) is 0 Å². The Morgan fingerprint density at radius 3 is 2.44 bits per heavy atom. The highest BCUT2D eigenvalue weighted by molar-refractivity contribution is 5.95.